The first-order valence-corrected chi connectivity index (χ1v) is 7.90. The molecule has 0 aliphatic heterocycles. The molecule has 6 heteroatoms. The Bertz CT molecular complexity index is 669. The van der Waals surface area contributed by atoms with Crippen LogP contribution in [0, 0.1) is 10.1 Å². The topological polar surface area (TPSA) is 67.2 Å². The summed E-state index contributed by atoms with van der Waals surface area (Å²) in [7, 11) is 0. The number of nitrogens with zero attached hydrogens (tertiary/aromatic N) is 1. The molecule has 0 fully saturated rings. The predicted molar refractivity (Wildman–Crippen MR) is 98.0 cm³/mol. The van der Waals surface area contributed by atoms with E-state index in [9.17, 15) is 10.1 Å². The maximum absolute atomic E-state index is 10.6. The van der Waals surface area contributed by atoms with E-state index < -0.39 is 4.92 Å². The van der Waals surface area contributed by atoms with Crippen LogP contribution in [0.15, 0.2) is 48.5 Å². The van der Waals surface area contributed by atoms with Crippen molar-refractivity contribution in [2.75, 3.05) is 10.6 Å². The molecule has 0 aromatic heterocycles. The summed E-state index contributed by atoms with van der Waals surface area (Å²) in [5.74, 6) is 0. The number of hydrogen-bond acceptors (Lipinski definition) is 3. The molecule has 0 atom stereocenters. The minimum atomic E-state index is -0.430. The molecule has 0 aliphatic rings. The second kappa shape index (κ2) is 8.24. The second-order valence-electron chi connectivity index (χ2n) is 5.18. The molecule has 2 N–H and O–H groups in total. The standard InChI is InChI=1S/C17H19N3O2S/c1-2-3-4-13-5-7-14(8-6-13)18-17(23)19-15-9-11-16(12-10-15)20(21)22/h5-12H,2-4H2,1H3,(H2,18,19,23). The van der Waals surface area contributed by atoms with Gasteiger partial charge >= 0.3 is 0 Å². The lowest BCUT2D eigenvalue weighted by molar-refractivity contribution is -0.384. The third-order valence-electron chi connectivity index (χ3n) is 3.37. The Morgan fingerprint density at radius 3 is 2.04 bits per heavy atom. The maximum Gasteiger partial charge on any atom is 0.269 e. The lowest BCUT2D eigenvalue weighted by Crippen LogP contribution is -2.18. The van der Waals surface area contributed by atoms with Crippen molar-refractivity contribution in [3.8, 4) is 0 Å². The molecule has 0 saturated carbocycles. The molecule has 0 spiro atoms. The fourth-order valence-electron chi connectivity index (χ4n) is 2.10. The Kier molecular flexibility index (Phi) is 6.05. The highest BCUT2D eigenvalue weighted by atomic mass is 32.1. The van der Waals surface area contributed by atoms with Crippen LogP contribution in [-0.2, 0) is 6.42 Å². The van der Waals surface area contributed by atoms with Crippen molar-refractivity contribution >= 4 is 34.4 Å². The molecule has 2 aromatic carbocycles. The van der Waals surface area contributed by atoms with E-state index in [2.05, 4.69) is 29.7 Å². The Morgan fingerprint density at radius 2 is 1.57 bits per heavy atom. The number of anilines is 2. The van der Waals surface area contributed by atoms with E-state index >= 15 is 0 Å². The monoisotopic (exact) mass is 329 g/mol. The highest BCUT2D eigenvalue weighted by Gasteiger charge is 2.05. The smallest absolute Gasteiger partial charge is 0.269 e. The highest BCUT2D eigenvalue weighted by Crippen LogP contribution is 2.16. The summed E-state index contributed by atoms with van der Waals surface area (Å²) in [6.07, 6.45) is 3.46. The number of aryl methyl sites for hydroxylation is 1. The zero-order valence-electron chi connectivity index (χ0n) is 12.9. The molecule has 0 amide bonds. The van der Waals surface area contributed by atoms with Crippen LogP contribution >= 0.6 is 12.2 Å². The molecule has 2 rings (SSSR count). The van der Waals surface area contributed by atoms with Gasteiger partial charge in [0.25, 0.3) is 5.69 Å². The van der Waals surface area contributed by atoms with Gasteiger partial charge in [0.2, 0.25) is 0 Å². The summed E-state index contributed by atoms with van der Waals surface area (Å²) in [5.41, 5.74) is 2.97. The molecule has 0 heterocycles. The van der Waals surface area contributed by atoms with Crippen LogP contribution in [0.2, 0.25) is 0 Å². The molecular weight excluding hydrogens is 310 g/mol. The van der Waals surface area contributed by atoms with Crippen molar-refractivity contribution in [1.29, 1.82) is 0 Å². The Hall–Kier alpha value is -2.47. The van der Waals surface area contributed by atoms with Gasteiger partial charge in [-0.2, -0.15) is 0 Å². The fourth-order valence-corrected chi connectivity index (χ4v) is 2.33. The number of rotatable bonds is 6. The quantitative estimate of drug-likeness (QED) is 0.455. The van der Waals surface area contributed by atoms with Gasteiger partial charge in [0.1, 0.15) is 0 Å². The summed E-state index contributed by atoms with van der Waals surface area (Å²) in [6, 6.07) is 14.3. The average molecular weight is 329 g/mol. The zero-order chi connectivity index (χ0) is 16.7. The molecule has 0 aliphatic carbocycles. The molecule has 5 nitrogen and oxygen atoms in total. The van der Waals surface area contributed by atoms with E-state index in [1.54, 1.807) is 12.1 Å². The van der Waals surface area contributed by atoms with Crippen LogP contribution in [-0.4, -0.2) is 10.0 Å². The third-order valence-corrected chi connectivity index (χ3v) is 3.57. The van der Waals surface area contributed by atoms with Gasteiger partial charge in [-0.15, -0.1) is 0 Å². The van der Waals surface area contributed by atoms with Crippen LogP contribution < -0.4 is 10.6 Å². The number of thiocarbonyl (C=S) groups is 1. The first-order chi connectivity index (χ1) is 11.1. The summed E-state index contributed by atoms with van der Waals surface area (Å²) in [6.45, 7) is 2.18. The van der Waals surface area contributed by atoms with Gasteiger partial charge in [-0.1, -0.05) is 25.5 Å². The van der Waals surface area contributed by atoms with E-state index in [0.29, 0.717) is 10.8 Å². The van der Waals surface area contributed by atoms with Crippen molar-refractivity contribution in [1.82, 2.24) is 0 Å². The lowest BCUT2D eigenvalue weighted by Gasteiger charge is -2.11. The van der Waals surface area contributed by atoms with Gasteiger partial charge in [-0.25, -0.2) is 0 Å². The molecule has 0 unspecified atom stereocenters. The summed E-state index contributed by atoms with van der Waals surface area (Å²) in [4.78, 5) is 10.2. The van der Waals surface area contributed by atoms with Crippen LogP contribution in [0.5, 0.6) is 0 Å². The van der Waals surface area contributed by atoms with Gasteiger partial charge in [-0.3, -0.25) is 10.1 Å². The Balaban J connectivity index is 1.90. The predicted octanol–water partition coefficient (Wildman–Crippen LogP) is 4.75. The molecule has 2 aromatic rings. The van der Waals surface area contributed by atoms with Crippen molar-refractivity contribution in [2.45, 2.75) is 26.2 Å². The summed E-state index contributed by atoms with van der Waals surface area (Å²) >= 11 is 5.25. The molecule has 0 radical (unpaired) electrons. The zero-order valence-corrected chi connectivity index (χ0v) is 13.7. The SMILES string of the molecule is CCCCc1ccc(NC(=S)Nc2ccc([N+](=O)[O-])cc2)cc1. The second-order valence-corrected chi connectivity index (χ2v) is 5.59. The van der Waals surface area contributed by atoms with Crippen LogP contribution in [0.4, 0.5) is 17.1 Å². The third kappa shape index (κ3) is 5.34. The lowest BCUT2D eigenvalue weighted by atomic mass is 10.1. The first-order valence-electron chi connectivity index (χ1n) is 7.50. The normalized spacial score (nSPS) is 10.1. The number of hydrogen-bond donors (Lipinski definition) is 2. The Labute approximate surface area is 140 Å². The van der Waals surface area contributed by atoms with Crippen molar-refractivity contribution in [3.05, 3.63) is 64.2 Å². The molecular formula is C17H19N3O2S. The van der Waals surface area contributed by atoms with Gasteiger partial charge in [-0.05, 0) is 54.9 Å². The minimum Gasteiger partial charge on any atom is -0.332 e. The number of nitrogens with one attached hydrogen (secondary N) is 2. The molecule has 0 saturated heterocycles. The number of nitro benzene ring substituents is 1. The number of non-ortho nitro benzene ring substituents is 1. The van der Waals surface area contributed by atoms with E-state index in [-0.39, 0.29) is 5.69 Å². The largest absolute Gasteiger partial charge is 0.332 e. The van der Waals surface area contributed by atoms with Crippen LogP contribution in [0.1, 0.15) is 25.3 Å². The highest BCUT2D eigenvalue weighted by molar-refractivity contribution is 7.80. The van der Waals surface area contributed by atoms with Crippen molar-refractivity contribution in [3.63, 3.8) is 0 Å². The average Bonchev–Trinajstić information content (AvgIpc) is 2.54. The van der Waals surface area contributed by atoms with Gasteiger partial charge in [0.05, 0.1) is 4.92 Å². The fraction of sp³-hybridized carbons (Fsp3) is 0.235. The summed E-state index contributed by atoms with van der Waals surface area (Å²) < 4.78 is 0. The minimum absolute atomic E-state index is 0.0529. The van der Waals surface area contributed by atoms with E-state index in [4.69, 9.17) is 12.2 Å². The number of benzene rings is 2. The summed E-state index contributed by atoms with van der Waals surface area (Å²) in [5, 5.41) is 17.2. The molecule has 120 valence electrons. The van der Waals surface area contributed by atoms with E-state index in [1.165, 1.54) is 30.5 Å². The van der Waals surface area contributed by atoms with E-state index in [1.807, 2.05) is 12.1 Å². The van der Waals surface area contributed by atoms with Gasteiger partial charge in [0, 0.05) is 23.5 Å². The first kappa shape index (κ1) is 16.9. The van der Waals surface area contributed by atoms with Crippen molar-refractivity contribution < 1.29 is 4.92 Å². The number of nitro groups is 1. The van der Waals surface area contributed by atoms with Gasteiger partial charge in [0.15, 0.2) is 5.11 Å². The molecule has 0 bridgehead atoms. The maximum atomic E-state index is 10.6. The molecule has 23 heavy (non-hydrogen) atoms. The number of unbranched alkanes of at least 4 members (excludes halogenated alkanes) is 1. The van der Waals surface area contributed by atoms with Crippen molar-refractivity contribution in [2.24, 2.45) is 0 Å². The van der Waals surface area contributed by atoms with E-state index in [0.717, 1.165) is 12.1 Å². The van der Waals surface area contributed by atoms with Gasteiger partial charge < -0.3 is 10.6 Å². The van der Waals surface area contributed by atoms with Crippen LogP contribution in [0.3, 0.4) is 0 Å². The van der Waals surface area contributed by atoms with Crippen LogP contribution in [0.25, 0.3) is 0 Å². The Morgan fingerprint density at radius 1 is 1.04 bits per heavy atom.